The predicted molar refractivity (Wildman–Crippen MR) is 81.8 cm³/mol. The lowest BCUT2D eigenvalue weighted by atomic mass is 9.96. The molecule has 3 fully saturated rings. The lowest BCUT2D eigenvalue weighted by molar-refractivity contribution is -0.140. The molecule has 0 aromatic heterocycles. The first kappa shape index (κ1) is 17.4. The Morgan fingerprint density at radius 3 is 2.71 bits per heavy atom. The van der Waals surface area contributed by atoms with Gasteiger partial charge in [-0.3, -0.25) is 9.35 Å². The van der Waals surface area contributed by atoms with Crippen molar-refractivity contribution in [1.82, 2.24) is 14.9 Å². The third kappa shape index (κ3) is 3.21. The van der Waals surface area contributed by atoms with Crippen LogP contribution in [-0.2, 0) is 19.5 Å². The summed E-state index contributed by atoms with van der Waals surface area (Å²) < 4.78 is 35.0. The first-order chi connectivity index (χ1) is 11.3. The monoisotopic (exact) mass is 362 g/mol. The molecule has 136 valence electrons. The van der Waals surface area contributed by atoms with Gasteiger partial charge in [-0.1, -0.05) is 0 Å². The largest absolute Gasteiger partial charge is 0.418 e. The Balaban J connectivity index is 1.75. The van der Waals surface area contributed by atoms with Crippen LogP contribution >= 0.6 is 0 Å². The van der Waals surface area contributed by atoms with E-state index in [1.165, 1.54) is 4.90 Å². The molecule has 3 N–H and O–H groups in total. The van der Waals surface area contributed by atoms with Crippen LogP contribution in [0, 0.1) is 0 Å². The number of hydrogen-bond acceptors (Lipinski definition) is 6. The second-order valence-electron chi connectivity index (χ2n) is 6.43. The third-order valence-electron chi connectivity index (χ3n) is 4.96. The summed E-state index contributed by atoms with van der Waals surface area (Å²) in [5.41, 5.74) is 5.76. The highest BCUT2D eigenvalue weighted by molar-refractivity contribution is 7.80. The number of piperidine rings is 2. The van der Waals surface area contributed by atoms with Gasteiger partial charge in [-0.25, -0.2) is 4.79 Å². The molecule has 3 saturated heterocycles. The summed E-state index contributed by atoms with van der Waals surface area (Å²) in [4.78, 5) is 28.3. The second-order valence-corrected chi connectivity index (χ2v) is 7.43. The van der Waals surface area contributed by atoms with Gasteiger partial charge in [0.25, 0.3) is 0 Å². The molecule has 3 rings (SSSR count). The number of nitrogens with zero attached hydrogens (tertiary/aromatic N) is 3. The van der Waals surface area contributed by atoms with Gasteiger partial charge in [0, 0.05) is 25.7 Å². The Hall–Kier alpha value is -1.43. The van der Waals surface area contributed by atoms with Crippen LogP contribution < -0.4 is 5.73 Å². The van der Waals surface area contributed by atoms with Crippen LogP contribution in [0.25, 0.3) is 0 Å². The third-order valence-corrected chi connectivity index (χ3v) is 5.31. The van der Waals surface area contributed by atoms with Gasteiger partial charge in [0.1, 0.15) is 6.04 Å². The van der Waals surface area contributed by atoms with E-state index in [4.69, 9.17) is 10.3 Å². The van der Waals surface area contributed by atoms with E-state index in [-0.39, 0.29) is 18.5 Å². The van der Waals surface area contributed by atoms with Gasteiger partial charge in [-0.2, -0.15) is 13.5 Å². The van der Waals surface area contributed by atoms with Crippen molar-refractivity contribution in [2.24, 2.45) is 5.73 Å². The van der Waals surface area contributed by atoms with Crippen molar-refractivity contribution >= 4 is 22.3 Å². The number of rotatable bonds is 4. The number of carbonyl (C=O) groups is 2. The predicted octanol–water partition coefficient (Wildman–Crippen LogP) is -0.671. The van der Waals surface area contributed by atoms with E-state index in [1.54, 1.807) is 4.90 Å². The summed E-state index contributed by atoms with van der Waals surface area (Å²) in [5.74, 6) is -0.148. The molecule has 2 bridgehead atoms. The molecule has 0 spiro atoms. The number of hydrogen-bond donors (Lipinski definition) is 2. The number of hydroxylamine groups is 2. The number of fused-ring (bicyclic) bond motifs is 2. The van der Waals surface area contributed by atoms with Gasteiger partial charge in [0.2, 0.25) is 5.91 Å². The summed E-state index contributed by atoms with van der Waals surface area (Å²) in [7, 11) is -4.78. The lowest BCUT2D eigenvalue weighted by Crippen LogP contribution is -2.56. The number of amides is 3. The summed E-state index contributed by atoms with van der Waals surface area (Å²) in [5, 5.41) is 0.652. The highest BCUT2D eigenvalue weighted by Gasteiger charge is 2.50. The maximum absolute atomic E-state index is 12.9. The number of urea groups is 1. The molecule has 24 heavy (non-hydrogen) atoms. The Morgan fingerprint density at radius 1 is 1.29 bits per heavy atom. The van der Waals surface area contributed by atoms with E-state index in [9.17, 15) is 18.0 Å². The fraction of sp³-hybridized carbons (Fsp3) is 0.846. The molecule has 3 aliphatic rings. The topological polar surface area (TPSA) is 133 Å². The summed E-state index contributed by atoms with van der Waals surface area (Å²) in [6.07, 6.45) is 3.63. The zero-order valence-corrected chi connectivity index (χ0v) is 14.0. The van der Waals surface area contributed by atoms with Gasteiger partial charge >= 0.3 is 16.4 Å². The van der Waals surface area contributed by atoms with E-state index in [1.807, 2.05) is 0 Å². The van der Waals surface area contributed by atoms with E-state index in [0.717, 1.165) is 19.3 Å². The van der Waals surface area contributed by atoms with Gasteiger partial charge in [0.05, 0.1) is 6.04 Å². The molecule has 0 aromatic carbocycles. The van der Waals surface area contributed by atoms with E-state index in [0.29, 0.717) is 31.0 Å². The maximum atomic E-state index is 12.9. The SMILES string of the molecule is NCC1CCCCN1C(=O)[C@@H]1CC[C@@H]2CN1C(=O)N2OS(=O)(=O)O. The van der Waals surface area contributed by atoms with Crippen LogP contribution in [0.4, 0.5) is 4.79 Å². The van der Waals surface area contributed by atoms with Crippen molar-refractivity contribution in [3.8, 4) is 0 Å². The van der Waals surface area contributed by atoms with Gasteiger partial charge in [-0.15, -0.1) is 4.28 Å². The van der Waals surface area contributed by atoms with Gasteiger partial charge in [0.15, 0.2) is 0 Å². The van der Waals surface area contributed by atoms with Crippen molar-refractivity contribution in [3.05, 3.63) is 0 Å². The van der Waals surface area contributed by atoms with Crippen molar-refractivity contribution in [2.75, 3.05) is 19.6 Å². The Labute approximate surface area is 140 Å². The zero-order valence-electron chi connectivity index (χ0n) is 13.2. The smallest absolute Gasteiger partial charge is 0.337 e. The summed E-state index contributed by atoms with van der Waals surface area (Å²) >= 11 is 0. The fourth-order valence-corrected chi connectivity index (χ4v) is 4.20. The highest BCUT2D eigenvalue weighted by atomic mass is 32.3. The highest BCUT2D eigenvalue weighted by Crippen LogP contribution is 2.32. The minimum Gasteiger partial charge on any atom is -0.337 e. The van der Waals surface area contributed by atoms with Crippen LogP contribution in [0.3, 0.4) is 0 Å². The van der Waals surface area contributed by atoms with Crippen LogP contribution in [0.15, 0.2) is 0 Å². The van der Waals surface area contributed by atoms with E-state index < -0.39 is 28.5 Å². The molecular formula is C13H22N4O6S. The molecule has 0 saturated carbocycles. The molecule has 3 atom stereocenters. The molecule has 3 amide bonds. The average Bonchev–Trinajstić information content (AvgIpc) is 2.78. The second kappa shape index (κ2) is 6.47. The molecule has 10 nitrogen and oxygen atoms in total. The van der Waals surface area contributed by atoms with Gasteiger partial charge in [-0.05, 0) is 32.1 Å². The molecule has 1 unspecified atom stereocenters. The van der Waals surface area contributed by atoms with Crippen molar-refractivity contribution < 1.29 is 26.8 Å². The van der Waals surface area contributed by atoms with Gasteiger partial charge < -0.3 is 15.5 Å². The van der Waals surface area contributed by atoms with Crippen LogP contribution in [0.2, 0.25) is 0 Å². The Morgan fingerprint density at radius 2 is 2.04 bits per heavy atom. The average molecular weight is 362 g/mol. The van der Waals surface area contributed by atoms with Crippen LogP contribution in [-0.4, -0.2) is 77.5 Å². The van der Waals surface area contributed by atoms with Crippen molar-refractivity contribution in [3.63, 3.8) is 0 Å². The molecule has 0 aromatic rings. The van der Waals surface area contributed by atoms with E-state index in [2.05, 4.69) is 4.28 Å². The first-order valence-electron chi connectivity index (χ1n) is 8.09. The molecule has 3 aliphatic heterocycles. The van der Waals surface area contributed by atoms with Crippen LogP contribution in [0.1, 0.15) is 32.1 Å². The van der Waals surface area contributed by atoms with Crippen LogP contribution in [0.5, 0.6) is 0 Å². The molecule has 0 radical (unpaired) electrons. The molecule has 3 heterocycles. The van der Waals surface area contributed by atoms with Crippen molar-refractivity contribution in [1.29, 1.82) is 0 Å². The zero-order chi connectivity index (χ0) is 17.5. The Kier molecular flexibility index (Phi) is 4.69. The maximum Gasteiger partial charge on any atom is 0.418 e. The fourth-order valence-electron chi connectivity index (χ4n) is 3.82. The lowest BCUT2D eigenvalue weighted by Gasteiger charge is -2.40. The number of carbonyl (C=O) groups excluding carboxylic acids is 2. The molecule has 0 aliphatic carbocycles. The summed E-state index contributed by atoms with van der Waals surface area (Å²) in [6.45, 7) is 1.20. The van der Waals surface area contributed by atoms with Crippen molar-refractivity contribution in [2.45, 2.75) is 50.2 Å². The minimum atomic E-state index is -4.78. The normalized spacial score (nSPS) is 30.8. The van der Waals surface area contributed by atoms with E-state index >= 15 is 0 Å². The standard InChI is InChI=1S/C13H22N4O6S/c14-7-9-3-1-2-6-15(9)12(18)11-5-4-10-8-16(11)13(19)17(10)23-24(20,21)22/h9-11H,1-8,14H2,(H,20,21,22)/t9?,10-,11+/m1/s1. The minimum absolute atomic E-state index is 0.0214. The quantitative estimate of drug-likeness (QED) is 0.633. The summed E-state index contributed by atoms with van der Waals surface area (Å²) in [6, 6.07) is -1.87. The first-order valence-corrected chi connectivity index (χ1v) is 9.45. The number of likely N-dealkylation sites (tertiary alicyclic amines) is 1. The molecule has 11 heteroatoms. The Bertz CT molecular complexity index is 626. The number of nitrogens with two attached hydrogens (primary N) is 1. The molecular weight excluding hydrogens is 340 g/mol.